The second kappa shape index (κ2) is 6.29. The van der Waals surface area contributed by atoms with E-state index in [-0.39, 0.29) is 5.91 Å². The number of halogens is 1. The Kier molecular flexibility index (Phi) is 5.00. The average molecular weight is 281 g/mol. The number of nitrogens with zero attached hydrogens (tertiary/aromatic N) is 1. The van der Waals surface area contributed by atoms with Gasteiger partial charge in [0.2, 0.25) is 0 Å². The average Bonchev–Trinajstić information content (AvgIpc) is 2.28. The number of carbonyl (C=O) groups is 1. The monoisotopic (exact) mass is 280 g/mol. The van der Waals surface area contributed by atoms with Gasteiger partial charge in [0.1, 0.15) is 0 Å². The van der Waals surface area contributed by atoms with Crippen LogP contribution >= 0.6 is 15.9 Å². The third-order valence-electron chi connectivity index (χ3n) is 2.26. The zero-order valence-electron chi connectivity index (χ0n) is 9.09. The fourth-order valence-electron chi connectivity index (χ4n) is 1.32. The first-order valence-electron chi connectivity index (χ1n) is 5.07. The number of carbonyl (C=O) groups excluding carboxylic acids is 1. The molecule has 1 rings (SSSR count). The molecule has 0 aliphatic rings. The number of hydrogen-bond donors (Lipinski definition) is 1. The number of rotatable bonds is 4. The molecule has 0 aromatic heterocycles. The fraction of sp³-hybridized carbons (Fsp3) is 0.333. The van der Waals surface area contributed by atoms with Crippen LogP contribution in [0.1, 0.15) is 28.8 Å². The van der Waals surface area contributed by atoms with E-state index in [2.05, 4.69) is 21.2 Å². The van der Waals surface area contributed by atoms with Gasteiger partial charge in [-0.15, -0.1) is 0 Å². The molecular weight excluding hydrogens is 268 g/mol. The van der Waals surface area contributed by atoms with Crippen LogP contribution in [0.5, 0.6) is 0 Å². The van der Waals surface area contributed by atoms with Crippen LogP contribution in [0, 0.1) is 18.3 Å². The van der Waals surface area contributed by atoms with Crippen molar-refractivity contribution in [2.45, 2.75) is 19.8 Å². The lowest BCUT2D eigenvalue weighted by Gasteiger charge is -2.07. The Morgan fingerprint density at radius 2 is 2.31 bits per heavy atom. The molecule has 0 radical (unpaired) electrons. The van der Waals surface area contributed by atoms with Crippen LogP contribution in [0.2, 0.25) is 0 Å². The molecule has 84 valence electrons. The number of amides is 1. The molecule has 0 fully saturated rings. The number of benzene rings is 1. The van der Waals surface area contributed by atoms with Crippen molar-refractivity contribution in [3.05, 3.63) is 33.8 Å². The molecule has 1 aromatic rings. The molecule has 1 amide bonds. The third-order valence-corrected chi connectivity index (χ3v) is 3.12. The first-order valence-corrected chi connectivity index (χ1v) is 5.86. The SMILES string of the molecule is Cc1c(Br)cccc1C(=O)NCCCC#N. The van der Waals surface area contributed by atoms with Crippen molar-refractivity contribution in [1.82, 2.24) is 5.32 Å². The molecule has 0 spiro atoms. The lowest BCUT2D eigenvalue weighted by atomic mass is 10.1. The van der Waals surface area contributed by atoms with E-state index in [9.17, 15) is 4.79 Å². The molecule has 3 nitrogen and oxygen atoms in total. The summed E-state index contributed by atoms with van der Waals surface area (Å²) in [6.07, 6.45) is 1.16. The molecule has 1 N–H and O–H groups in total. The zero-order valence-corrected chi connectivity index (χ0v) is 10.7. The van der Waals surface area contributed by atoms with Crippen molar-refractivity contribution >= 4 is 21.8 Å². The summed E-state index contributed by atoms with van der Waals surface area (Å²) < 4.78 is 0.928. The van der Waals surface area contributed by atoms with E-state index in [1.165, 1.54) is 0 Å². The molecule has 0 heterocycles. The summed E-state index contributed by atoms with van der Waals surface area (Å²) in [6, 6.07) is 7.57. The van der Waals surface area contributed by atoms with Crippen LogP contribution in [0.3, 0.4) is 0 Å². The summed E-state index contributed by atoms with van der Waals surface area (Å²) in [5.41, 5.74) is 1.60. The first-order chi connectivity index (χ1) is 7.66. The smallest absolute Gasteiger partial charge is 0.251 e. The molecule has 0 unspecified atom stereocenters. The Hall–Kier alpha value is -1.34. The van der Waals surface area contributed by atoms with Crippen LogP contribution in [-0.4, -0.2) is 12.5 Å². The van der Waals surface area contributed by atoms with Gasteiger partial charge in [-0.25, -0.2) is 0 Å². The molecule has 16 heavy (non-hydrogen) atoms. The minimum absolute atomic E-state index is 0.0864. The topological polar surface area (TPSA) is 52.9 Å². The van der Waals surface area contributed by atoms with Crippen LogP contribution in [0.4, 0.5) is 0 Å². The fourth-order valence-corrected chi connectivity index (χ4v) is 1.68. The molecular formula is C12H13BrN2O. The minimum Gasteiger partial charge on any atom is -0.352 e. The summed E-state index contributed by atoms with van der Waals surface area (Å²) in [4.78, 5) is 11.8. The Bertz CT molecular complexity index is 424. The van der Waals surface area contributed by atoms with Gasteiger partial charge in [-0.3, -0.25) is 4.79 Å². The molecule has 1 aromatic carbocycles. The number of unbranched alkanes of at least 4 members (excludes halogenated alkanes) is 1. The Balaban J connectivity index is 2.60. The number of nitrogens with one attached hydrogen (secondary N) is 1. The Labute approximate surface area is 104 Å². The molecule has 4 heteroatoms. The van der Waals surface area contributed by atoms with Crippen LogP contribution < -0.4 is 5.32 Å². The predicted molar refractivity (Wildman–Crippen MR) is 66.1 cm³/mol. The maximum absolute atomic E-state index is 11.8. The van der Waals surface area contributed by atoms with Gasteiger partial charge in [0, 0.05) is 23.0 Å². The van der Waals surface area contributed by atoms with Crippen LogP contribution in [0.25, 0.3) is 0 Å². The summed E-state index contributed by atoms with van der Waals surface area (Å²) >= 11 is 3.38. The summed E-state index contributed by atoms with van der Waals surface area (Å²) in [7, 11) is 0. The lowest BCUT2D eigenvalue weighted by molar-refractivity contribution is 0.0952. The Morgan fingerprint density at radius 1 is 1.56 bits per heavy atom. The Morgan fingerprint density at radius 3 is 3.00 bits per heavy atom. The maximum atomic E-state index is 11.8. The first kappa shape index (κ1) is 12.7. The zero-order chi connectivity index (χ0) is 12.0. The maximum Gasteiger partial charge on any atom is 0.251 e. The highest BCUT2D eigenvalue weighted by Gasteiger charge is 2.09. The van der Waals surface area contributed by atoms with Crippen LogP contribution in [-0.2, 0) is 0 Å². The second-order valence-electron chi connectivity index (χ2n) is 3.43. The van der Waals surface area contributed by atoms with Crippen molar-refractivity contribution in [2.24, 2.45) is 0 Å². The highest BCUT2D eigenvalue weighted by Crippen LogP contribution is 2.19. The van der Waals surface area contributed by atoms with Crippen molar-refractivity contribution in [2.75, 3.05) is 6.54 Å². The molecule has 0 atom stereocenters. The van der Waals surface area contributed by atoms with E-state index in [0.29, 0.717) is 24.9 Å². The summed E-state index contributed by atoms with van der Waals surface area (Å²) in [5, 5.41) is 11.2. The molecule has 0 bridgehead atoms. The van der Waals surface area contributed by atoms with E-state index in [1.807, 2.05) is 25.1 Å². The van der Waals surface area contributed by atoms with Gasteiger partial charge >= 0.3 is 0 Å². The second-order valence-corrected chi connectivity index (χ2v) is 4.28. The van der Waals surface area contributed by atoms with Crippen molar-refractivity contribution in [3.63, 3.8) is 0 Å². The van der Waals surface area contributed by atoms with E-state index >= 15 is 0 Å². The van der Waals surface area contributed by atoms with Crippen molar-refractivity contribution in [3.8, 4) is 6.07 Å². The quantitative estimate of drug-likeness (QED) is 0.863. The standard InChI is InChI=1S/C12H13BrN2O/c1-9-10(5-4-6-11(9)13)12(16)15-8-3-2-7-14/h4-6H,2-3,8H2,1H3,(H,15,16). The molecule has 0 saturated carbocycles. The van der Waals surface area contributed by atoms with Gasteiger partial charge in [-0.05, 0) is 31.0 Å². The highest BCUT2D eigenvalue weighted by molar-refractivity contribution is 9.10. The van der Waals surface area contributed by atoms with Gasteiger partial charge in [0.15, 0.2) is 0 Å². The molecule has 0 aliphatic heterocycles. The van der Waals surface area contributed by atoms with Crippen LogP contribution in [0.15, 0.2) is 22.7 Å². The normalized spacial score (nSPS) is 9.56. The third kappa shape index (κ3) is 3.35. The van der Waals surface area contributed by atoms with E-state index < -0.39 is 0 Å². The minimum atomic E-state index is -0.0864. The van der Waals surface area contributed by atoms with Gasteiger partial charge in [0.05, 0.1) is 6.07 Å². The molecule has 0 saturated heterocycles. The van der Waals surface area contributed by atoms with Crippen molar-refractivity contribution < 1.29 is 4.79 Å². The van der Waals surface area contributed by atoms with Gasteiger partial charge in [0.25, 0.3) is 5.91 Å². The van der Waals surface area contributed by atoms with E-state index in [1.54, 1.807) is 6.07 Å². The number of hydrogen-bond acceptors (Lipinski definition) is 2. The largest absolute Gasteiger partial charge is 0.352 e. The summed E-state index contributed by atoms with van der Waals surface area (Å²) in [5.74, 6) is -0.0864. The van der Waals surface area contributed by atoms with Gasteiger partial charge in [-0.1, -0.05) is 22.0 Å². The molecule has 0 aliphatic carbocycles. The van der Waals surface area contributed by atoms with Gasteiger partial charge in [-0.2, -0.15) is 5.26 Å². The predicted octanol–water partition coefficient (Wildman–Crippen LogP) is 2.79. The van der Waals surface area contributed by atoms with Gasteiger partial charge < -0.3 is 5.32 Å². The van der Waals surface area contributed by atoms with E-state index in [0.717, 1.165) is 10.0 Å². The van der Waals surface area contributed by atoms with E-state index in [4.69, 9.17) is 5.26 Å². The van der Waals surface area contributed by atoms with Crippen molar-refractivity contribution in [1.29, 1.82) is 5.26 Å². The lowest BCUT2D eigenvalue weighted by Crippen LogP contribution is -2.25. The highest BCUT2D eigenvalue weighted by atomic mass is 79.9. The summed E-state index contributed by atoms with van der Waals surface area (Å²) in [6.45, 7) is 2.44. The number of nitriles is 1.